The predicted octanol–water partition coefficient (Wildman–Crippen LogP) is 4.76. The van der Waals surface area contributed by atoms with Gasteiger partial charge in [-0.3, -0.25) is 0 Å². The summed E-state index contributed by atoms with van der Waals surface area (Å²) in [7, 11) is -6.55. The third-order valence-corrected chi connectivity index (χ3v) is 13.2. The molecule has 0 heterocycles. The Bertz CT molecular complexity index is 1170. The lowest BCUT2D eigenvalue weighted by molar-refractivity contribution is 0.194. The molecule has 4 aromatic carbocycles. The van der Waals surface area contributed by atoms with Gasteiger partial charge in [-0.25, -0.2) is 0 Å². The van der Waals surface area contributed by atoms with Crippen molar-refractivity contribution in [1.82, 2.24) is 0 Å². The minimum absolute atomic E-state index is 0.0970. The molecule has 0 aliphatic heterocycles. The van der Waals surface area contributed by atoms with Crippen molar-refractivity contribution in [2.24, 2.45) is 0 Å². The van der Waals surface area contributed by atoms with Crippen LogP contribution >= 0.6 is 14.3 Å². The van der Waals surface area contributed by atoms with E-state index in [9.17, 15) is 9.67 Å². The zero-order valence-electron chi connectivity index (χ0n) is 18.6. The van der Waals surface area contributed by atoms with E-state index in [0.717, 1.165) is 0 Å². The molecule has 0 unspecified atom stereocenters. The van der Waals surface area contributed by atoms with Crippen molar-refractivity contribution < 1.29 is 14.2 Å². The molecular weight excluding hydrogens is 446 g/mol. The van der Waals surface area contributed by atoms with E-state index in [1.165, 1.54) is 0 Å². The molecule has 0 amide bonds. The van der Waals surface area contributed by atoms with Gasteiger partial charge in [0.1, 0.15) is 14.3 Å². The third-order valence-electron chi connectivity index (χ3n) is 6.09. The molecule has 168 valence electrons. The minimum atomic E-state index is -3.35. The Morgan fingerprint density at radius 3 is 1.18 bits per heavy atom. The molecule has 1 N–H and O–H groups in total. The number of rotatable bonds is 8. The van der Waals surface area contributed by atoms with Gasteiger partial charge in [0, 0.05) is 27.4 Å². The molecule has 0 radical (unpaired) electrons. The summed E-state index contributed by atoms with van der Waals surface area (Å²) >= 11 is 0. The van der Waals surface area contributed by atoms with Gasteiger partial charge in [0.25, 0.3) is 0 Å². The summed E-state index contributed by atoms with van der Waals surface area (Å²) in [4.78, 5) is 0. The Kier molecular flexibility index (Phi) is 7.15. The van der Waals surface area contributed by atoms with Gasteiger partial charge in [-0.1, -0.05) is 121 Å². The van der Waals surface area contributed by atoms with Gasteiger partial charge in [-0.2, -0.15) is 0 Å². The maximum absolute atomic E-state index is 15.0. The summed E-state index contributed by atoms with van der Waals surface area (Å²) < 4.78 is 29.8. The molecule has 0 bridgehead atoms. The monoisotopic (exact) mass is 474 g/mol. The highest BCUT2D eigenvalue weighted by atomic mass is 31.2. The molecule has 0 saturated heterocycles. The van der Waals surface area contributed by atoms with Crippen LogP contribution in [0.4, 0.5) is 0 Å². The first-order valence-electron chi connectivity index (χ1n) is 11.1. The van der Waals surface area contributed by atoms with Crippen LogP contribution in [0.2, 0.25) is 0 Å². The lowest BCUT2D eigenvalue weighted by Crippen LogP contribution is -2.38. The van der Waals surface area contributed by atoms with Crippen LogP contribution in [0.1, 0.15) is 6.92 Å². The first kappa shape index (κ1) is 23.5. The first-order valence-corrected chi connectivity index (χ1v) is 14.7. The highest BCUT2D eigenvalue weighted by Gasteiger charge is 2.44. The number of hydrogen-bond donors (Lipinski definition) is 1. The molecule has 2 atom stereocenters. The Morgan fingerprint density at radius 2 is 0.879 bits per heavy atom. The predicted molar refractivity (Wildman–Crippen MR) is 140 cm³/mol. The van der Waals surface area contributed by atoms with Crippen molar-refractivity contribution in [2.75, 3.05) is 6.16 Å². The Hall–Kier alpha value is -2.70. The summed E-state index contributed by atoms with van der Waals surface area (Å²) in [5, 5.41) is 13.8. The summed E-state index contributed by atoms with van der Waals surface area (Å²) in [5.41, 5.74) is -0.728. The number of aliphatic hydroxyl groups is 1. The van der Waals surface area contributed by atoms with Crippen molar-refractivity contribution in [3.8, 4) is 0 Å². The molecule has 0 aliphatic rings. The topological polar surface area (TPSA) is 54.4 Å². The number of hydrogen-bond acceptors (Lipinski definition) is 3. The Balaban J connectivity index is 1.92. The quantitative estimate of drug-likeness (QED) is 0.375. The lowest BCUT2D eigenvalue weighted by Gasteiger charge is -2.34. The molecule has 0 saturated carbocycles. The minimum Gasteiger partial charge on any atom is -0.393 e. The normalized spacial score (nSPS) is 13.9. The van der Waals surface area contributed by atoms with E-state index < -0.39 is 26.0 Å². The van der Waals surface area contributed by atoms with Crippen molar-refractivity contribution in [2.45, 2.75) is 18.7 Å². The zero-order chi connectivity index (χ0) is 23.3. The van der Waals surface area contributed by atoms with Crippen LogP contribution in [0, 0.1) is 0 Å². The van der Waals surface area contributed by atoms with E-state index in [2.05, 4.69) is 0 Å². The van der Waals surface area contributed by atoms with Crippen molar-refractivity contribution in [1.29, 1.82) is 0 Å². The van der Waals surface area contributed by atoms with Crippen LogP contribution in [-0.4, -0.2) is 23.0 Å². The van der Waals surface area contributed by atoms with E-state index in [-0.39, 0.29) is 6.16 Å². The molecule has 0 aliphatic carbocycles. The van der Waals surface area contributed by atoms with Crippen molar-refractivity contribution in [3.63, 3.8) is 0 Å². The van der Waals surface area contributed by atoms with Crippen LogP contribution in [0.25, 0.3) is 0 Å². The maximum atomic E-state index is 15.0. The summed E-state index contributed by atoms with van der Waals surface area (Å²) in [5.74, 6) is 0. The molecule has 5 heteroatoms. The smallest absolute Gasteiger partial charge is 0.149 e. The highest BCUT2D eigenvalue weighted by Crippen LogP contribution is 2.56. The van der Waals surface area contributed by atoms with Gasteiger partial charge < -0.3 is 14.2 Å². The highest BCUT2D eigenvalue weighted by molar-refractivity contribution is 7.82. The fourth-order valence-electron chi connectivity index (χ4n) is 4.36. The standard InChI is InChI=1S/C28H28O3P2/c1-23(29)28(33(31,26-18-10-4-11-19-26)27-20-12-5-13-21-27)22-32(30,24-14-6-2-7-15-24)25-16-8-3-9-17-25/h2-21,23,28-29H,22H2,1H3/t23-,28+/m1/s1. The van der Waals surface area contributed by atoms with Crippen LogP contribution in [0.3, 0.4) is 0 Å². The molecular formula is C28H28O3P2. The second-order valence-corrected chi connectivity index (χ2v) is 14.1. The average Bonchev–Trinajstić information content (AvgIpc) is 2.88. The number of aliphatic hydroxyl groups excluding tert-OH is 1. The SMILES string of the molecule is C[C@@H](O)[C@H](CP(=O)(c1ccccc1)c1ccccc1)P(=O)(c1ccccc1)c1ccccc1. The fraction of sp³-hybridized carbons (Fsp3) is 0.143. The third kappa shape index (κ3) is 4.68. The molecule has 3 nitrogen and oxygen atoms in total. The van der Waals surface area contributed by atoms with Crippen LogP contribution in [0.5, 0.6) is 0 Å². The van der Waals surface area contributed by atoms with Crippen LogP contribution in [0.15, 0.2) is 121 Å². The maximum Gasteiger partial charge on any atom is 0.149 e. The van der Waals surface area contributed by atoms with E-state index in [0.29, 0.717) is 21.2 Å². The largest absolute Gasteiger partial charge is 0.393 e. The van der Waals surface area contributed by atoms with Gasteiger partial charge in [-0.15, -0.1) is 0 Å². The van der Waals surface area contributed by atoms with Gasteiger partial charge in [0.2, 0.25) is 0 Å². The molecule has 0 spiro atoms. The summed E-state index contributed by atoms with van der Waals surface area (Å²) in [6, 6.07) is 37.3. The van der Waals surface area contributed by atoms with Gasteiger partial charge in [-0.05, 0) is 6.92 Å². The molecule has 0 aromatic heterocycles. The summed E-state index contributed by atoms with van der Waals surface area (Å²) in [6.45, 7) is 1.66. The Labute approximate surface area is 195 Å². The lowest BCUT2D eigenvalue weighted by atomic mass is 10.3. The molecule has 0 fully saturated rings. The summed E-state index contributed by atoms with van der Waals surface area (Å²) in [6.07, 6.45) is -0.836. The van der Waals surface area contributed by atoms with E-state index in [4.69, 9.17) is 0 Å². The average molecular weight is 474 g/mol. The second kappa shape index (κ2) is 10.1. The number of benzene rings is 4. The molecule has 4 aromatic rings. The van der Waals surface area contributed by atoms with Gasteiger partial charge in [0.15, 0.2) is 0 Å². The second-order valence-electron chi connectivity index (χ2n) is 8.23. The van der Waals surface area contributed by atoms with Gasteiger partial charge >= 0.3 is 0 Å². The molecule has 4 rings (SSSR count). The van der Waals surface area contributed by atoms with Crippen LogP contribution < -0.4 is 21.2 Å². The first-order chi connectivity index (χ1) is 16.0. The van der Waals surface area contributed by atoms with Crippen LogP contribution in [-0.2, 0) is 9.13 Å². The van der Waals surface area contributed by atoms with E-state index in [1.807, 2.05) is 121 Å². The fourth-order valence-corrected chi connectivity index (χ4v) is 11.7. The Morgan fingerprint density at radius 1 is 0.576 bits per heavy atom. The van der Waals surface area contributed by atoms with Crippen molar-refractivity contribution >= 4 is 35.5 Å². The van der Waals surface area contributed by atoms with E-state index in [1.54, 1.807) is 6.92 Å². The molecule has 33 heavy (non-hydrogen) atoms. The van der Waals surface area contributed by atoms with Gasteiger partial charge in [0.05, 0.1) is 11.8 Å². The van der Waals surface area contributed by atoms with Crippen molar-refractivity contribution in [3.05, 3.63) is 121 Å². The zero-order valence-corrected chi connectivity index (χ0v) is 20.4. The van der Waals surface area contributed by atoms with E-state index >= 15 is 4.57 Å².